The van der Waals surface area contributed by atoms with Gasteiger partial charge in [-0.1, -0.05) is 11.6 Å². The van der Waals surface area contributed by atoms with Crippen LogP contribution in [0.1, 0.15) is 17.3 Å². The Morgan fingerprint density at radius 3 is 2.75 bits per heavy atom. The van der Waals surface area contributed by atoms with Crippen LogP contribution in [-0.2, 0) is 4.74 Å². The van der Waals surface area contributed by atoms with Crippen molar-refractivity contribution in [1.82, 2.24) is 4.90 Å². The van der Waals surface area contributed by atoms with Gasteiger partial charge in [0.2, 0.25) is 0 Å². The van der Waals surface area contributed by atoms with Gasteiger partial charge in [0.25, 0.3) is 5.91 Å². The summed E-state index contributed by atoms with van der Waals surface area (Å²) in [6, 6.07) is 6.98. The minimum absolute atomic E-state index is 0.0480. The lowest BCUT2D eigenvalue weighted by molar-refractivity contribution is -0.0124. The van der Waals surface area contributed by atoms with Crippen LogP contribution in [0.15, 0.2) is 24.3 Å². The number of amides is 1. The zero-order valence-corrected chi connectivity index (χ0v) is 9.91. The molecular formula is C12H14ClNO2. The van der Waals surface area contributed by atoms with E-state index in [1.165, 1.54) is 0 Å². The normalized spacial score (nSPS) is 20.9. The summed E-state index contributed by atoms with van der Waals surface area (Å²) in [6.45, 7) is 3.90. The van der Waals surface area contributed by atoms with Crippen molar-refractivity contribution in [3.63, 3.8) is 0 Å². The van der Waals surface area contributed by atoms with E-state index in [0.717, 1.165) is 0 Å². The fourth-order valence-corrected chi connectivity index (χ4v) is 1.90. The van der Waals surface area contributed by atoms with Crippen molar-refractivity contribution in [2.75, 3.05) is 19.7 Å². The number of halogens is 1. The summed E-state index contributed by atoms with van der Waals surface area (Å²) in [5.41, 5.74) is 0.679. The topological polar surface area (TPSA) is 29.5 Å². The summed E-state index contributed by atoms with van der Waals surface area (Å²) in [5, 5.41) is 0.645. The van der Waals surface area contributed by atoms with Crippen LogP contribution in [0, 0.1) is 0 Å². The third kappa shape index (κ3) is 2.54. The molecule has 1 atom stereocenters. The smallest absolute Gasteiger partial charge is 0.254 e. The highest BCUT2D eigenvalue weighted by Crippen LogP contribution is 2.13. The van der Waals surface area contributed by atoms with Crippen molar-refractivity contribution in [3.8, 4) is 0 Å². The first-order valence-corrected chi connectivity index (χ1v) is 5.71. The quantitative estimate of drug-likeness (QED) is 0.752. The number of benzene rings is 1. The number of hydrogen-bond acceptors (Lipinski definition) is 2. The number of carbonyl (C=O) groups excluding carboxylic acids is 1. The molecule has 16 heavy (non-hydrogen) atoms. The Kier molecular flexibility index (Phi) is 3.46. The molecule has 0 saturated carbocycles. The van der Waals surface area contributed by atoms with E-state index in [2.05, 4.69) is 0 Å². The summed E-state index contributed by atoms with van der Waals surface area (Å²) >= 11 is 5.78. The third-order valence-electron chi connectivity index (χ3n) is 2.62. The number of ether oxygens (including phenoxy) is 1. The first-order valence-electron chi connectivity index (χ1n) is 5.33. The minimum Gasteiger partial charge on any atom is -0.375 e. The Morgan fingerprint density at radius 2 is 2.12 bits per heavy atom. The van der Waals surface area contributed by atoms with Gasteiger partial charge in [-0.25, -0.2) is 0 Å². The maximum absolute atomic E-state index is 12.1. The van der Waals surface area contributed by atoms with Gasteiger partial charge < -0.3 is 9.64 Å². The summed E-state index contributed by atoms with van der Waals surface area (Å²) in [6.07, 6.45) is 0.116. The molecule has 1 aliphatic rings. The maximum Gasteiger partial charge on any atom is 0.254 e. The summed E-state index contributed by atoms with van der Waals surface area (Å²) in [7, 11) is 0. The maximum atomic E-state index is 12.1. The van der Waals surface area contributed by atoms with Gasteiger partial charge in [0.1, 0.15) is 0 Å². The first-order chi connectivity index (χ1) is 7.66. The van der Waals surface area contributed by atoms with Crippen LogP contribution in [0.4, 0.5) is 0 Å². The molecule has 0 radical (unpaired) electrons. The van der Waals surface area contributed by atoms with Gasteiger partial charge >= 0.3 is 0 Å². The molecule has 1 fully saturated rings. The first kappa shape index (κ1) is 11.4. The van der Waals surface area contributed by atoms with Crippen LogP contribution in [-0.4, -0.2) is 36.6 Å². The summed E-state index contributed by atoms with van der Waals surface area (Å²) in [5.74, 6) is 0.0480. The zero-order chi connectivity index (χ0) is 11.5. The van der Waals surface area contributed by atoms with E-state index in [9.17, 15) is 4.79 Å². The standard InChI is InChI=1S/C12H14ClNO2/c1-9-8-14(6-7-16-9)12(15)10-2-4-11(13)5-3-10/h2-5,9H,6-8H2,1H3. The Bertz CT molecular complexity index is 377. The molecule has 1 heterocycles. The Labute approximate surface area is 100.0 Å². The minimum atomic E-state index is 0.0480. The average molecular weight is 240 g/mol. The summed E-state index contributed by atoms with van der Waals surface area (Å²) < 4.78 is 5.40. The van der Waals surface area contributed by atoms with Crippen molar-refractivity contribution >= 4 is 17.5 Å². The second-order valence-corrected chi connectivity index (χ2v) is 4.38. The van der Waals surface area contributed by atoms with Gasteiger partial charge in [-0.2, -0.15) is 0 Å². The highest BCUT2D eigenvalue weighted by molar-refractivity contribution is 6.30. The van der Waals surface area contributed by atoms with Gasteiger partial charge in [-0.05, 0) is 31.2 Å². The molecular weight excluding hydrogens is 226 g/mol. The average Bonchev–Trinajstić information content (AvgIpc) is 2.29. The molecule has 86 valence electrons. The van der Waals surface area contributed by atoms with Gasteiger partial charge in [0.15, 0.2) is 0 Å². The molecule has 1 unspecified atom stereocenters. The zero-order valence-electron chi connectivity index (χ0n) is 9.15. The second kappa shape index (κ2) is 4.85. The van der Waals surface area contributed by atoms with Gasteiger partial charge in [-0.15, -0.1) is 0 Å². The van der Waals surface area contributed by atoms with E-state index < -0.39 is 0 Å². The molecule has 4 heteroatoms. The van der Waals surface area contributed by atoms with Crippen LogP contribution >= 0.6 is 11.6 Å². The van der Waals surface area contributed by atoms with Crippen LogP contribution in [0.25, 0.3) is 0 Å². The lowest BCUT2D eigenvalue weighted by Gasteiger charge is -2.31. The van der Waals surface area contributed by atoms with E-state index in [1.54, 1.807) is 24.3 Å². The molecule has 1 saturated heterocycles. The van der Waals surface area contributed by atoms with Gasteiger partial charge in [0, 0.05) is 23.7 Å². The molecule has 3 nitrogen and oxygen atoms in total. The fraction of sp³-hybridized carbons (Fsp3) is 0.417. The number of nitrogens with zero attached hydrogens (tertiary/aromatic N) is 1. The lowest BCUT2D eigenvalue weighted by Crippen LogP contribution is -2.44. The van der Waals surface area contributed by atoms with Crippen molar-refractivity contribution in [3.05, 3.63) is 34.9 Å². The molecule has 0 bridgehead atoms. The number of rotatable bonds is 1. The van der Waals surface area contributed by atoms with Crippen LogP contribution in [0.5, 0.6) is 0 Å². The van der Waals surface area contributed by atoms with Crippen molar-refractivity contribution in [2.45, 2.75) is 13.0 Å². The molecule has 0 aromatic heterocycles. The SMILES string of the molecule is CC1CN(C(=O)c2ccc(Cl)cc2)CCO1. The molecule has 2 rings (SSSR count). The third-order valence-corrected chi connectivity index (χ3v) is 2.87. The highest BCUT2D eigenvalue weighted by Gasteiger charge is 2.22. The largest absolute Gasteiger partial charge is 0.375 e. The van der Waals surface area contributed by atoms with Crippen molar-refractivity contribution in [2.24, 2.45) is 0 Å². The predicted molar refractivity (Wildman–Crippen MR) is 62.8 cm³/mol. The lowest BCUT2D eigenvalue weighted by atomic mass is 10.2. The molecule has 1 aliphatic heterocycles. The van der Waals surface area contributed by atoms with E-state index in [0.29, 0.717) is 30.3 Å². The van der Waals surface area contributed by atoms with Gasteiger partial charge in [0.05, 0.1) is 12.7 Å². The molecule has 0 aliphatic carbocycles. The van der Waals surface area contributed by atoms with Crippen LogP contribution in [0.2, 0.25) is 5.02 Å². The summed E-state index contributed by atoms with van der Waals surface area (Å²) in [4.78, 5) is 13.9. The molecule has 1 amide bonds. The number of hydrogen-bond donors (Lipinski definition) is 0. The highest BCUT2D eigenvalue weighted by atomic mass is 35.5. The Morgan fingerprint density at radius 1 is 1.44 bits per heavy atom. The monoisotopic (exact) mass is 239 g/mol. The number of morpholine rings is 1. The molecule has 1 aromatic rings. The Hall–Kier alpha value is -1.06. The second-order valence-electron chi connectivity index (χ2n) is 3.94. The number of carbonyl (C=O) groups is 1. The van der Waals surface area contributed by atoms with E-state index >= 15 is 0 Å². The van der Waals surface area contributed by atoms with Crippen LogP contribution < -0.4 is 0 Å². The molecule has 0 N–H and O–H groups in total. The Balaban J connectivity index is 2.09. The van der Waals surface area contributed by atoms with E-state index in [-0.39, 0.29) is 12.0 Å². The van der Waals surface area contributed by atoms with E-state index in [4.69, 9.17) is 16.3 Å². The predicted octanol–water partition coefficient (Wildman–Crippen LogP) is 2.20. The molecule has 0 spiro atoms. The fourth-order valence-electron chi connectivity index (χ4n) is 1.78. The van der Waals surface area contributed by atoms with Crippen molar-refractivity contribution in [1.29, 1.82) is 0 Å². The van der Waals surface area contributed by atoms with Crippen molar-refractivity contribution < 1.29 is 9.53 Å². The molecule has 1 aromatic carbocycles. The van der Waals surface area contributed by atoms with Crippen LogP contribution in [0.3, 0.4) is 0 Å². The van der Waals surface area contributed by atoms with E-state index in [1.807, 2.05) is 11.8 Å². The van der Waals surface area contributed by atoms with Gasteiger partial charge in [-0.3, -0.25) is 4.79 Å².